The minimum atomic E-state index is -1.51. The molecule has 20 heavy (non-hydrogen) atoms. The summed E-state index contributed by atoms with van der Waals surface area (Å²) in [5, 5.41) is 12.3. The van der Waals surface area contributed by atoms with Gasteiger partial charge in [0.25, 0.3) is 0 Å². The Balaban J connectivity index is 2.75. The van der Waals surface area contributed by atoms with Gasteiger partial charge in [0.05, 0.1) is 12.8 Å². The van der Waals surface area contributed by atoms with E-state index >= 15 is 0 Å². The minimum Gasteiger partial charge on any atom is -0.467 e. The standard InChI is InChI=1S/C14H23NO5/c1-14(2,3)20-13(18)15-10(8-9-6-5-7-9)11(16)12(17)19-4/h8-9,11,16H,5-7H2,1-4H3,(H,15,18)/b10-8+. The fourth-order valence-corrected chi connectivity index (χ4v) is 1.72. The van der Waals surface area contributed by atoms with Gasteiger partial charge in [0.2, 0.25) is 0 Å². The van der Waals surface area contributed by atoms with Crippen LogP contribution in [0.2, 0.25) is 0 Å². The molecular formula is C14H23NO5. The number of hydrogen-bond acceptors (Lipinski definition) is 5. The number of esters is 1. The second kappa shape index (κ2) is 6.74. The van der Waals surface area contributed by atoms with Gasteiger partial charge in [-0.3, -0.25) is 5.32 Å². The summed E-state index contributed by atoms with van der Waals surface area (Å²) in [6.07, 6.45) is 2.56. The lowest BCUT2D eigenvalue weighted by molar-refractivity contribution is -0.148. The molecule has 1 saturated carbocycles. The Morgan fingerprint density at radius 2 is 1.95 bits per heavy atom. The second-order valence-electron chi connectivity index (χ2n) is 5.87. The summed E-state index contributed by atoms with van der Waals surface area (Å²) >= 11 is 0. The van der Waals surface area contributed by atoms with Gasteiger partial charge in [0, 0.05) is 0 Å². The predicted octanol–water partition coefficient (Wildman–Crippen LogP) is 1.73. The highest BCUT2D eigenvalue weighted by molar-refractivity contribution is 5.80. The number of allylic oxidation sites excluding steroid dienone is 1. The molecular weight excluding hydrogens is 262 g/mol. The summed E-state index contributed by atoms with van der Waals surface area (Å²) in [6, 6.07) is 0. The molecule has 0 aromatic carbocycles. The molecule has 1 aliphatic rings. The highest BCUT2D eigenvalue weighted by atomic mass is 16.6. The molecule has 114 valence electrons. The number of ether oxygens (including phenoxy) is 2. The van der Waals surface area contributed by atoms with E-state index in [1.54, 1.807) is 26.8 Å². The zero-order valence-electron chi connectivity index (χ0n) is 12.4. The van der Waals surface area contributed by atoms with Gasteiger partial charge in [-0.1, -0.05) is 12.5 Å². The number of hydrogen-bond donors (Lipinski definition) is 2. The maximum absolute atomic E-state index is 11.7. The first-order chi connectivity index (χ1) is 9.23. The molecule has 0 aromatic rings. The Hall–Kier alpha value is -1.56. The van der Waals surface area contributed by atoms with E-state index in [9.17, 15) is 14.7 Å². The van der Waals surface area contributed by atoms with Gasteiger partial charge < -0.3 is 14.6 Å². The van der Waals surface area contributed by atoms with Crippen LogP contribution in [0.5, 0.6) is 0 Å². The first-order valence-corrected chi connectivity index (χ1v) is 6.70. The van der Waals surface area contributed by atoms with E-state index in [0.717, 1.165) is 19.3 Å². The lowest BCUT2D eigenvalue weighted by Gasteiger charge is -2.25. The number of aliphatic hydroxyl groups is 1. The monoisotopic (exact) mass is 285 g/mol. The molecule has 6 heteroatoms. The minimum absolute atomic E-state index is 0.121. The van der Waals surface area contributed by atoms with Crippen molar-refractivity contribution < 1.29 is 24.2 Å². The molecule has 2 N–H and O–H groups in total. The summed E-state index contributed by atoms with van der Waals surface area (Å²) < 4.78 is 9.60. The molecule has 0 aliphatic heterocycles. The van der Waals surface area contributed by atoms with Crippen molar-refractivity contribution in [2.45, 2.75) is 51.7 Å². The zero-order valence-corrected chi connectivity index (χ0v) is 12.4. The summed E-state index contributed by atoms with van der Waals surface area (Å²) in [4.78, 5) is 23.1. The third-order valence-corrected chi connectivity index (χ3v) is 2.93. The van der Waals surface area contributed by atoms with Crippen LogP contribution in [0.1, 0.15) is 40.0 Å². The van der Waals surface area contributed by atoms with E-state index in [1.807, 2.05) is 0 Å². The van der Waals surface area contributed by atoms with E-state index in [-0.39, 0.29) is 11.6 Å². The summed E-state index contributed by atoms with van der Waals surface area (Å²) in [6.45, 7) is 5.20. The van der Waals surface area contributed by atoms with Gasteiger partial charge in [0.15, 0.2) is 6.10 Å². The van der Waals surface area contributed by atoms with Crippen LogP contribution < -0.4 is 5.32 Å². The fraction of sp³-hybridized carbons (Fsp3) is 0.714. The van der Waals surface area contributed by atoms with Crippen molar-refractivity contribution in [1.29, 1.82) is 0 Å². The molecule has 0 saturated heterocycles. The van der Waals surface area contributed by atoms with E-state index in [2.05, 4.69) is 10.1 Å². The van der Waals surface area contributed by atoms with Crippen LogP contribution in [0, 0.1) is 5.92 Å². The Kier molecular flexibility index (Phi) is 5.56. The van der Waals surface area contributed by atoms with Crippen LogP contribution in [0.15, 0.2) is 11.8 Å². The Morgan fingerprint density at radius 1 is 1.35 bits per heavy atom. The van der Waals surface area contributed by atoms with Crippen LogP contribution in [0.25, 0.3) is 0 Å². The van der Waals surface area contributed by atoms with Crippen molar-refractivity contribution in [1.82, 2.24) is 5.32 Å². The first kappa shape index (κ1) is 16.5. The number of nitrogens with one attached hydrogen (secondary N) is 1. The number of amides is 1. The molecule has 1 atom stereocenters. The fourth-order valence-electron chi connectivity index (χ4n) is 1.72. The molecule has 0 aromatic heterocycles. The maximum atomic E-state index is 11.7. The summed E-state index contributed by atoms with van der Waals surface area (Å²) in [5.74, 6) is -0.550. The van der Waals surface area contributed by atoms with Crippen LogP contribution in [-0.4, -0.2) is 36.0 Å². The Labute approximate surface area is 119 Å². The van der Waals surface area contributed by atoms with Crippen molar-refractivity contribution >= 4 is 12.1 Å². The van der Waals surface area contributed by atoms with E-state index in [0.29, 0.717) is 0 Å². The highest BCUT2D eigenvalue weighted by Gasteiger charge is 2.27. The molecule has 6 nitrogen and oxygen atoms in total. The smallest absolute Gasteiger partial charge is 0.411 e. The summed E-state index contributed by atoms with van der Waals surface area (Å²) in [7, 11) is 1.18. The molecule has 1 unspecified atom stereocenters. The number of carbonyl (C=O) groups excluding carboxylic acids is 2. The van der Waals surface area contributed by atoms with Gasteiger partial charge in [-0.05, 0) is 39.5 Å². The third kappa shape index (κ3) is 5.21. The average Bonchev–Trinajstić information content (AvgIpc) is 2.27. The molecule has 0 radical (unpaired) electrons. The second-order valence-corrected chi connectivity index (χ2v) is 5.87. The molecule has 0 heterocycles. The number of rotatable bonds is 4. The van der Waals surface area contributed by atoms with Gasteiger partial charge in [-0.2, -0.15) is 0 Å². The van der Waals surface area contributed by atoms with Crippen molar-refractivity contribution in [3.63, 3.8) is 0 Å². The maximum Gasteiger partial charge on any atom is 0.411 e. The molecule has 1 aliphatic carbocycles. The van der Waals surface area contributed by atoms with Gasteiger partial charge in [-0.15, -0.1) is 0 Å². The number of carbonyl (C=O) groups is 2. The zero-order chi connectivity index (χ0) is 15.3. The molecule has 1 fully saturated rings. The number of methoxy groups -OCH3 is 1. The first-order valence-electron chi connectivity index (χ1n) is 6.70. The molecule has 1 rings (SSSR count). The van der Waals surface area contributed by atoms with Crippen molar-refractivity contribution in [3.8, 4) is 0 Å². The van der Waals surface area contributed by atoms with Gasteiger partial charge in [-0.25, -0.2) is 9.59 Å². The van der Waals surface area contributed by atoms with Crippen molar-refractivity contribution in [2.24, 2.45) is 5.92 Å². The van der Waals surface area contributed by atoms with Gasteiger partial charge in [0.1, 0.15) is 5.60 Å². The lowest BCUT2D eigenvalue weighted by Crippen LogP contribution is -2.39. The topological polar surface area (TPSA) is 84.9 Å². The number of alkyl carbamates (subject to hydrolysis) is 1. The Morgan fingerprint density at radius 3 is 2.35 bits per heavy atom. The summed E-state index contributed by atoms with van der Waals surface area (Å²) in [5.41, 5.74) is -0.530. The predicted molar refractivity (Wildman–Crippen MR) is 72.8 cm³/mol. The Bertz CT molecular complexity index is 393. The molecule has 0 spiro atoms. The largest absolute Gasteiger partial charge is 0.467 e. The van der Waals surface area contributed by atoms with Crippen LogP contribution in [-0.2, 0) is 14.3 Å². The van der Waals surface area contributed by atoms with Crippen LogP contribution in [0.3, 0.4) is 0 Å². The lowest BCUT2D eigenvalue weighted by atomic mass is 9.84. The van der Waals surface area contributed by atoms with Crippen LogP contribution in [0.4, 0.5) is 4.79 Å². The van der Waals surface area contributed by atoms with Gasteiger partial charge >= 0.3 is 12.1 Å². The SMILES string of the molecule is COC(=O)C(O)/C(=C\C1CCC1)NC(=O)OC(C)(C)C. The van der Waals surface area contributed by atoms with E-state index in [4.69, 9.17) is 4.74 Å². The molecule has 0 bridgehead atoms. The van der Waals surface area contributed by atoms with Crippen molar-refractivity contribution in [3.05, 3.63) is 11.8 Å². The normalized spacial score (nSPS) is 17.9. The highest BCUT2D eigenvalue weighted by Crippen LogP contribution is 2.28. The third-order valence-electron chi connectivity index (χ3n) is 2.93. The number of aliphatic hydroxyl groups excluding tert-OH is 1. The van der Waals surface area contributed by atoms with Crippen LogP contribution >= 0.6 is 0 Å². The molecule has 1 amide bonds. The van der Waals surface area contributed by atoms with E-state index < -0.39 is 23.8 Å². The van der Waals surface area contributed by atoms with E-state index in [1.165, 1.54) is 7.11 Å². The quantitative estimate of drug-likeness (QED) is 0.768. The average molecular weight is 285 g/mol. The van der Waals surface area contributed by atoms with Crippen molar-refractivity contribution in [2.75, 3.05) is 7.11 Å².